The Morgan fingerprint density at radius 1 is 1.03 bits per heavy atom. The maximum absolute atomic E-state index is 12.5. The van der Waals surface area contributed by atoms with Gasteiger partial charge < -0.3 is 10.1 Å². The van der Waals surface area contributed by atoms with Crippen molar-refractivity contribution in [3.63, 3.8) is 0 Å². The van der Waals surface area contributed by atoms with Crippen LogP contribution in [0.5, 0.6) is 0 Å². The summed E-state index contributed by atoms with van der Waals surface area (Å²) in [5, 5.41) is 2.72. The third kappa shape index (κ3) is 5.42. The van der Waals surface area contributed by atoms with Gasteiger partial charge in [0.1, 0.15) is 0 Å². The van der Waals surface area contributed by atoms with E-state index in [2.05, 4.69) is 5.32 Å². The van der Waals surface area contributed by atoms with Crippen molar-refractivity contribution in [3.05, 3.63) is 59.7 Å². The third-order valence-electron chi connectivity index (χ3n) is 4.49. The molecule has 0 aromatic heterocycles. The van der Waals surface area contributed by atoms with Gasteiger partial charge in [-0.05, 0) is 49.7 Å². The average molecular weight is 419 g/mol. The summed E-state index contributed by atoms with van der Waals surface area (Å²) in [5.74, 6) is -1.15. The summed E-state index contributed by atoms with van der Waals surface area (Å²) in [5.41, 5.74) is 1.70. The summed E-state index contributed by atoms with van der Waals surface area (Å²) in [4.78, 5) is 24.7. The lowest BCUT2D eigenvalue weighted by atomic mass is 10.2. The number of esters is 1. The highest BCUT2D eigenvalue weighted by Crippen LogP contribution is 2.18. The van der Waals surface area contributed by atoms with E-state index in [0.717, 1.165) is 5.56 Å². The second-order valence-corrected chi connectivity index (χ2v) is 8.40. The normalized spacial score (nSPS) is 12.4. The van der Waals surface area contributed by atoms with Gasteiger partial charge in [-0.2, -0.15) is 4.31 Å². The summed E-state index contributed by atoms with van der Waals surface area (Å²) in [6, 6.07) is 12.8. The number of nitrogens with zero attached hydrogens (tertiary/aromatic N) is 1. The molecule has 0 heterocycles. The lowest BCUT2D eigenvalue weighted by Gasteiger charge is -2.18. The van der Waals surface area contributed by atoms with Gasteiger partial charge in [-0.1, -0.05) is 32.0 Å². The molecular weight excluding hydrogens is 392 g/mol. The Kier molecular flexibility index (Phi) is 7.53. The lowest BCUT2D eigenvalue weighted by Crippen LogP contribution is -2.31. The first-order valence-electron chi connectivity index (χ1n) is 9.38. The van der Waals surface area contributed by atoms with E-state index >= 15 is 0 Å². The second-order valence-electron chi connectivity index (χ2n) is 6.47. The van der Waals surface area contributed by atoms with Crippen LogP contribution in [0.25, 0.3) is 0 Å². The highest BCUT2D eigenvalue weighted by Gasteiger charge is 2.23. The molecule has 156 valence electrons. The number of rotatable bonds is 8. The molecule has 0 aliphatic heterocycles. The van der Waals surface area contributed by atoms with Gasteiger partial charge in [-0.25, -0.2) is 13.2 Å². The van der Waals surface area contributed by atoms with Gasteiger partial charge in [0.25, 0.3) is 5.91 Å². The molecule has 29 heavy (non-hydrogen) atoms. The molecule has 1 atom stereocenters. The van der Waals surface area contributed by atoms with Gasteiger partial charge in [0.15, 0.2) is 6.10 Å². The van der Waals surface area contributed by atoms with Crippen LogP contribution in [0.1, 0.15) is 36.7 Å². The summed E-state index contributed by atoms with van der Waals surface area (Å²) < 4.78 is 31.5. The van der Waals surface area contributed by atoms with Crippen LogP contribution in [0.2, 0.25) is 0 Å². The largest absolute Gasteiger partial charge is 0.449 e. The van der Waals surface area contributed by atoms with E-state index in [1.807, 2.05) is 19.1 Å². The molecule has 0 saturated carbocycles. The Labute approximate surface area is 171 Å². The minimum atomic E-state index is -3.60. The van der Waals surface area contributed by atoms with Crippen molar-refractivity contribution < 1.29 is 22.7 Å². The number of amides is 1. The summed E-state index contributed by atoms with van der Waals surface area (Å²) >= 11 is 0. The monoisotopic (exact) mass is 418 g/mol. The maximum Gasteiger partial charge on any atom is 0.338 e. The van der Waals surface area contributed by atoms with Crippen molar-refractivity contribution in [1.29, 1.82) is 0 Å². The van der Waals surface area contributed by atoms with Crippen LogP contribution in [0, 0.1) is 6.92 Å². The van der Waals surface area contributed by atoms with Crippen LogP contribution in [-0.4, -0.2) is 43.8 Å². The van der Waals surface area contributed by atoms with Crippen molar-refractivity contribution in [1.82, 2.24) is 4.31 Å². The second kappa shape index (κ2) is 9.67. The van der Waals surface area contributed by atoms with Crippen LogP contribution in [0.4, 0.5) is 5.69 Å². The number of anilines is 1. The molecule has 0 aliphatic carbocycles. The Bertz CT molecular complexity index is 967. The van der Waals surface area contributed by atoms with E-state index in [4.69, 9.17) is 4.74 Å². The Morgan fingerprint density at radius 3 is 2.17 bits per heavy atom. The van der Waals surface area contributed by atoms with Crippen LogP contribution in [-0.2, 0) is 19.6 Å². The van der Waals surface area contributed by atoms with Crippen molar-refractivity contribution in [2.24, 2.45) is 0 Å². The summed E-state index contributed by atoms with van der Waals surface area (Å²) in [7, 11) is -3.60. The van der Waals surface area contributed by atoms with Crippen molar-refractivity contribution >= 4 is 27.6 Å². The standard InChI is InChI=1S/C21H26N2O5S/c1-5-23(6-2)29(26,27)18-13-11-17(12-14-18)21(25)28-16(4)20(24)22-19-10-8-7-9-15(19)3/h7-14,16H,5-6H2,1-4H3,(H,22,24)/t16-/m0/s1. The smallest absolute Gasteiger partial charge is 0.338 e. The number of ether oxygens (including phenoxy) is 1. The molecule has 0 spiro atoms. The molecule has 1 amide bonds. The molecule has 2 aromatic carbocycles. The van der Waals surface area contributed by atoms with Gasteiger partial charge >= 0.3 is 5.97 Å². The van der Waals surface area contributed by atoms with Gasteiger partial charge in [-0.15, -0.1) is 0 Å². The molecule has 0 unspecified atom stereocenters. The van der Waals surface area contributed by atoms with Crippen LogP contribution in [0.15, 0.2) is 53.4 Å². The number of nitrogens with one attached hydrogen (secondary N) is 1. The van der Waals surface area contributed by atoms with Crippen LogP contribution >= 0.6 is 0 Å². The minimum Gasteiger partial charge on any atom is -0.449 e. The fourth-order valence-electron chi connectivity index (χ4n) is 2.71. The highest BCUT2D eigenvalue weighted by atomic mass is 32.2. The van der Waals surface area contributed by atoms with Crippen molar-refractivity contribution in [2.75, 3.05) is 18.4 Å². The quantitative estimate of drug-likeness (QED) is 0.665. The van der Waals surface area contributed by atoms with E-state index in [0.29, 0.717) is 18.8 Å². The zero-order valence-electron chi connectivity index (χ0n) is 17.0. The molecule has 7 nitrogen and oxygen atoms in total. The molecule has 0 bridgehead atoms. The molecular formula is C21H26N2O5S. The van der Waals surface area contributed by atoms with Gasteiger partial charge in [0, 0.05) is 18.8 Å². The Hall–Kier alpha value is -2.71. The summed E-state index contributed by atoms with van der Waals surface area (Å²) in [6.07, 6.45) is -1.01. The van der Waals surface area contributed by atoms with Crippen LogP contribution < -0.4 is 5.32 Å². The lowest BCUT2D eigenvalue weighted by molar-refractivity contribution is -0.123. The molecule has 0 aliphatic rings. The zero-order valence-corrected chi connectivity index (χ0v) is 17.8. The first-order valence-corrected chi connectivity index (χ1v) is 10.8. The topological polar surface area (TPSA) is 92.8 Å². The number of hydrogen-bond acceptors (Lipinski definition) is 5. The van der Waals surface area contributed by atoms with E-state index in [1.54, 1.807) is 26.0 Å². The van der Waals surface area contributed by atoms with Crippen molar-refractivity contribution in [3.8, 4) is 0 Å². The van der Waals surface area contributed by atoms with E-state index in [-0.39, 0.29) is 10.5 Å². The number of aryl methyl sites for hydroxylation is 1. The number of para-hydroxylation sites is 1. The molecule has 0 fully saturated rings. The number of carbonyl (C=O) groups excluding carboxylic acids is 2. The number of sulfonamides is 1. The number of benzene rings is 2. The average Bonchev–Trinajstić information content (AvgIpc) is 2.70. The molecule has 0 saturated heterocycles. The van der Waals surface area contributed by atoms with Gasteiger partial charge in [0.05, 0.1) is 10.5 Å². The van der Waals surface area contributed by atoms with Gasteiger partial charge in [0.2, 0.25) is 10.0 Å². The molecule has 8 heteroatoms. The minimum absolute atomic E-state index is 0.100. The van der Waals surface area contributed by atoms with E-state index in [9.17, 15) is 18.0 Å². The number of hydrogen-bond donors (Lipinski definition) is 1. The predicted molar refractivity (Wildman–Crippen MR) is 111 cm³/mol. The molecule has 0 radical (unpaired) electrons. The fourth-order valence-corrected chi connectivity index (χ4v) is 4.16. The van der Waals surface area contributed by atoms with E-state index < -0.39 is 28.0 Å². The predicted octanol–water partition coefficient (Wildman–Crippen LogP) is 3.21. The Morgan fingerprint density at radius 2 is 1.62 bits per heavy atom. The SMILES string of the molecule is CCN(CC)S(=O)(=O)c1ccc(C(=O)O[C@@H](C)C(=O)Nc2ccccc2C)cc1. The van der Waals surface area contributed by atoms with Crippen molar-refractivity contribution in [2.45, 2.75) is 38.7 Å². The maximum atomic E-state index is 12.5. The molecule has 2 rings (SSSR count). The Balaban J connectivity index is 2.05. The van der Waals surface area contributed by atoms with E-state index in [1.165, 1.54) is 35.5 Å². The third-order valence-corrected chi connectivity index (χ3v) is 6.55. The van der Waals surface area contributed by atoms with Gasteiger partial charge in [-0.3, -0.25) is 4.79 Å². The first kappa shape index (κ1) is 22.6. The first-order chi connectivity index (χ1) is 13.7. The fraction of sp³-hybridized carbons (Fsp3) is 0.333. The zero-order chi connectivity index (χ0) is 21.6. The number of carbonyl (C=O) groups is 2. The summed E-state index contributed by atoms with van der Waals surface area (Å²) in [6.45, 7) is 7.57. The highest BCUT2D eigenvalue weighted by molar-refractivity contribution is 7.89. The van der Waals surface area contributed by atoms with Crippen LogP contribution in [0.3, 0.4) is 0 Å². The molecule has 2 aromatic rings. The molecule has 1 N–H and O–H groups in total.